The topological polar surface area (TPSA) is 101 Å². The summed E-state index contributed by atoms with van der Waals surface area (Å²) >= 11 is 6.18. The zero-order valence-electron chi connectivity index (χ0n) is 19.5. The number of hydrogen-bond donors (Lipinski definition) is 1. The highest BCUT2D eigenvalue weighted by Crippen LogP contribution is 2.28. The molecule has 3 heterocycles. The molecule has 2 aliphatic heterocycles. The first-order valence-corrected chi connectivity index (χ1v) is 13.3. The Hall–Kier alpha value is -3.76. The maximum atomic E-state index is 13.1. The average Bonchev–Trinajstić information content (AvgIpc) is 3.35. The van der Waals surface area contributed by atoms with E-state index in [0.29, 0.717) is 24.7 Å². The summed E-state index contributed by atoms with van der Waals surface area (Å²) in [7, 11) is -3.83. The van der Waals surface area contributed by atoms with Gasteiger partial charge in [0.2, 0.25) is 5.88 Å². The monoisotopic (exact) mass is 540 g/mol. The second-order valence-corrected chi connectivity index (χ2v) is 10.6. The number of anilines is 1. The van der Waals surface area contributed by atoms with Gasteiger partial charge in [0.15, 0.2) is 5.78 Å². The van der Waals surface area contributed by atoms with E-state index in [0.717, 1.165) is 17.5 Å². The number of allylic oxidation sites excluding steroid dienone is 1. The van der Waals surface area contributed by atoms with Gasteiger partial charge in [0.25, 0.3) is 10.0 Å². The smallest absolute Gasteiger partial charge is 0.261 e. The number of halogens is 2. The van der Waals surface area contributed by atoms with Crippen LogP contribution in [0.4, 0.5) is 10.1 Å². The van der Waals surface area contributed by atoms with Crippen molar-refractivity contribution in [3.05, 3.63) is 83.4 Å². The highest BCUT2D eigenvalue weighted by Gasteiger charge is 2.29. The van der Waals surface area contributed by atoms with Crippen molar-refractivity contribution in [1.82, 2.24) is 9.88 Å². The van der Waals surface area contributed by atoms with Crippen LogP contribution in [0, 0.1) is 5.82 Å². The van der Waals surface area contributed by atoms with Crippen molar-refractivity contribution in [2.24, 2.45) is 4.99 Å². The molecular formula is C26H22ClFN4O4S. The number of benzene rings is 2. The van der Waals surface area contributed by atoms with Crippen molar-refractivity contribution in [2.75, 3.05) is 24.4 Å². The number of Topliss-reactive ketones (excluding diaryl/α,β-unsaturated/α-hetero) is 1. The van der Waals surface area contributed by atoms with Crippen LogP contribution < -0.4 is 9.46 Å². The highest BCUT2D eigenvalue weighted by atomic mass is 35.5. The lowest BCUT2D eigenvalue weighted by atomic mass is 10.1. The molecule has 1 saturated heterocycles. The average molecular weight is 541 g/mol. The molecule has 0 spiro atoms. The quantitative estimate of drug-likeness (QED) is 0.481. The number of hydrogen-bond acceptors (Lipinski definition) is 7. The van der Waals surface area contributed by atoms with Crippen molar-refractivity contribution >= 4 is 39.3 Å². The second-order valence-electron chi connectivity index (χ2n) is 8.59. The van der Waals surface area contributed by atoms with Crippen LogP contribution in [0.1, 0.15) is 6.42 Å². The number of aromatic nitrogens is 1. The number of pyridine rings is 1. The number of likely N-dealkylation sites (tertiary alicyclic amines) is 1. The molecule has 11 heteroatoms. The summed E-state index contributed by atoms with van der Waals surface area (Å²) < 4.78 is 47.0. The van der Waals surface area contributed by atoms with E-state index in [-0.39, 0.29) is 34.0 Å². The van der Waals surface area contributed by atoms with Crippen LogP contribution in [0.15, 0.2) is 87.5 Å². The number of ether oxygens (including phenoxy) is 1. The number of dihydropyridines is 1. The summed E-state index contributed by atoms with van der Waals surface area (Å²) in [5, 5.41) is 0.203. The van der Waals surface area contributed by atoms with Crippen LogP contribution in [0.5, 0.6) is 5.88 Å². The SMILES string of the molecule is O=C1CN=CC(N2CC[C@@H](Oc3cc(-c4ccc(S(=O)(=O)Nc5ccc(F)cc5)cc4)ccn3)C2)=C1Cl. The molecule has 2 aliphatic rings. The first-order chi connectivity index (χ1) is 17.8. The Kier molecular flexibility index (Phi) is 6.94. The predicted octanol–water partition coefficient (Wildman–Crippen LogP) is 4.25. The predicted molar refractivity (Wildman–Crippen MR) is 139 cm³/mol. The van der Waals surface area contributed by atoms with Gasteiger partial charge in [0.05, 0.1) is 17.1 Å². The minimum Gasteiger partial charge on any atom is -0.472 e. The number of carbonyl (C=O) groups excluding carboxylic acids is 1. The first-order valence-electron chi connectivity index (χ1n) is 11.5. The van der Waals surface area contributed by atoms with Crippen molar-refractivity contribution in [3.8, 4) is 17.0 Å². The third-order valence-electron chi connectivity index (χ3n) is 6.02. The molecule has 1 N–H and O–H groups in total. The van der Waals surface area contributed by atoms with E-state index in [1.807, 2.05) is 11.0 Å². The maximum absolute atomic E-state index is 13.1. The third-order valence-corrected chi connectivity index (χ3v) is 7.82. The van der Waals surface area contributed by atoms with E-state index < -0.39 is 15.8 Å². The fourth-order valence-corrected chi connectivity index (χ4v) is 5.42. The van der Waals surface area contributed by atoms with Crippen LogP contribution in [-0.4, -0.2) is 56.0 Å². The number of rotatable bonds is 7. The Morgan fingerprint density at radius 2 is 1.81 bits per heavy atom. The molecular weight excluding hydrogens is 519 g/mol. The molecule has 8 nitrogen and oxygen atoms in total. The van der Waals surface area contributed by atoms with Crippen molar-refractivity contribution < 1.29 is 22.3 Å². The molecule has 0 unspecified atom stereocenters. The van der Waals surface area contributed by atoms with Crippen molar-refractivity contribution in [2.45, 2.75) is 17.4 Å². The van der Waals surface area contributed by atoms with Gasteiger partial charge in [-0.3, -0.25) is 14.5 Å². The largest absolute Gasteiger partial charge is 0.472 e. The summed E-state index contributed by atoms with van der Waals surface area (Å²) in [5.74, 6) is -0.203. The lowest BCUT2D eigenvalue weighted by Gasteiger charge is -2.22. The minimum atomic E-state index is -3.83. The summed E-state index contributed by atoms with van der Waals surface area (Å²) in [4.78, 5) is 22.3. The van der Waals surface area contributed by atoms with Gasteiger partial charge in [-0.1, -0.05) is 23.7 Å². The molecule has 0 bridgehead atoms. The summed E-state index contributed by atoms with van der Waals surface area (Å²) in [5.41, 5.74) is 2.49. The number of sulfonamides is 1. The van der Waals surface area contributed by atoms with Gasteiger partial charge < -0.3 is 9.64 Å². The van der Waals surface area contributed by atoms with Gasteiger partial charge >= 0.3 is 0 Å². The van der Waals surface area contributed by atoms with Crippen molar-refractivity contribution in [3.63, 3.8) is 0 Å². The zero-order valence-corrected chi connectivity index (χ0v) is 21.0. The van der Waals surface area contributed by atoms with Crippen LogP contribution >= 0.6 is 11.6 Å². The number of nitrogens with one attached hydrogen (secondary N) is 1. The Morgan fingerprint density at radius 1 is 1.05 bits per heavy atom. The van der Waals surface area contributed by atoms with Crippen LogP contribution in [0.3, 0.4) is 0 Å². The Balaban J connectivity index is 1.25. The lowest BCUT2D eigenvalue weighted by molar-refractivity contribution is -0.113. The minimum absolute atomic E-state index is 0.0739. The Bertz CT molecular complexity index is 1490. The zero-order chi connectivity index (χ0) is 26.0. The van der Waals surface area contributed by atoms with Crippen LogP contribution in [0.25, 0.3) is 11.1 Å². The normalized spacial score (nSPS) is 17.8. The Labute approximate surface area is 218 Å². The molecule has 0 aliphatic carbocycles. The fourth-order valence-electron chi connectivity index (χ4n) is 4.13. The summed E-state index contributed by atoms with van der Waals surface area (Å²) in [6, 6.07) is 15.1. The molecule has 1 fully saturated rings. The molecule has 2 aromatic carbocycles. The number of nitrogens with zero attached hydrogens (tertiary/aromatic N) is 3. The molecule has 0 radical (unpaired) electrons. The van der Waals surface area contributed by atoms with Gasteiger partial charge in [0, 0.05) is 37.1 Å². The second kappa shape index (κ2) is 10.3. The van der Waals surface area contributed by atoms with Gasteiger partial charge in [-0.25, -0.2) is 17.8 Å². The third kappa shape index (κ3) is 5.65. The lowest BCUT2D eigenvalue weighted by Crippen LogP contribution is -2.28. The molecule has 190 valence electrons. The maximum Gasteiger partial charge on any atom is 0.261 e. The molecule has 1 atom stereocenters. The number of aliphatic imine (C=N–C) groups is 1. The van der Waals surface area contributed by atoms with E-state index in [1.54, 1.807) is 30.6 Å². The van der Waals surface area contributed by atoms with Crippen LogP contribution in [0.2, 0.25) is 0 Å². The summed E-state index contributed by atoms with van der Waals surface area (Å²) in [6.45, 7) is 1.30. The molecule has 5 rings (SSSR count). The highest BCUT2D eigenvalue weighted by molar-refractivity contribution is 7.92. The molecule has 3 aromatic rings. The van der Waals surface area contributed by atoms with Gasteiger partial charge in [0.1, 0.15) is 23.5 Å². The van der Waals surface area contributed by atoms with E-state index in [2.05, 4.69) is 14.7 Å². The van der Waals surface area contributed by atoms with Crippen molar-refractivity contribution in [1.29, 1.82) is 0 Å². The fraction of sp³-hybridized carbons (Fsp3) is 0.192. The summed E-state index contributed by atoms with van der Waals surface area (Å²) in [6.07, 6.45) is 3.85. The standard InChI is InChI=1S/C26H22ClFN4O4S/c27-26-23(14-29-15-24(26)33)32-12-10-21(16-32)36-25-13-18(9-11-30-25)17-1-7-22(8-2-17)37(34,35)31-20-5-3-19(28)4-6-20/h1-9,11,13-14,21,31H,10,12,15-16H2/t21-/m1/s1. The van der Waals surface area contributed by atoms with E-state index in [9.17, 15) is 17.6 Å². The molecule has 0 amide bonds. The van der Waals surface area contributed by atoms with Crippen LogP contribution in [-0.2, 0) is 14.8 Å². The molecule has 0 saturated carbocycles. The van der Waals surface area contributed by atoms with Gasteiger partial charge in [-0.2, -0.15) is 0 Å². The van der Waals surface area contributed by atoms with E-state index in [1.165, 1.54) is 36.4 Å². The first kappa shape index (κ1) is 24.9. The van der Waals surface area contributed by atoms with E-state index >= 15 is 0 Å². The number of ketones is 1. The van der Waals surface area contributed by atoms with Gasteiger partial charge in [-0.05, 0) is 53.6 Å². The number of carbonyl (C=O) groups is 1. The van der Waals surface area contributed by atoms with Gasteiger partial charge in [-0.15, -0.1) is 0 Å². The Morgan fingerprint density at radius 3 is 2.57 bits per heavy atom. The molecule has 37 heavy (non-hydrogen) atoms. The van der Waals surface area contributed by atoms with E-state index in [4.69, 9.17) is 16.3 Å². The molecule has 1 aromatic heterocycles.